The van der Waals surface area contributed by atoms with Crippen LogP contribution in [0, 0.1) is 0 Å². The third kappa shape index (κ3) is 2.76. The Labute approximate surface area is 148 Å². The molecule has 1 aliphatic heterocycles. The monoisotopic (exact) mass is 331 g/mol. The van der Waals surface area contributed by atoms with Crippen LogP contribution in [-0.4, -0.2) is 13.0 Å². The maximum absolute atomic E-state index is 13.0. The zero-order valence-corrected chi connectivity index (χ0v) is 14.3. The number of carbonyl (C=O) groups is 1. The van der Waals surface area contributed by atoms with E-state index in [1.54, 1.807) is 7.11 Å². The van der Waals surface area contributed by atoms with Gasteiger partial charge in [-0.05, 0) is 54.7 Å². The fraction of sp³-hybridized carbons (Fsp3) is 0.227. The van der Waals surface area contributed by atoms with Crippen molar-refractivity contribution in [3.8, 4) is 5.75 Å². The fourth-order valence-electron chi connectivity index (χ4n) is 3.64. The van der Waals surface area contributed by atoms with E-state index >= 15 is 0 Å². The normalized spacial score (nSPS) is 22.7. The predicted octanol–water partition coefficient (Wildman–Crippen LogP) is 4.82. The van der Waals surface area contributed by atoms with Gasteiger partial charge in [0.25, 0.3) is 5.91 Å². The number of allylic oxidation sites excluding steroid dienone is 3. The van der Waals surface area contributed by atoms with Crippen LogP contribution in [0.2, 0.25) is 0 Å². The van der Waals surface area contributed by atoms with Gasteiger partial charge >= 0.3 is 0 Å². The SMILES string of the molecule is COc1ccc(N2C(=O)/C(=C3\C=CCCC3)C2c2ccccc2)cc1. The molecule has 0 bridgehead atoms. The van der Waals surface area contributed by atoms with Crippen molar-refractivity contribution in [3.63, 3.8) is 0 Å². The predicted molar refractivity (Wildman–Crippen MR) is 99.7 cm³/mol. The van der Waals surface area contributed by atoms with Crippen molar-refractivity contribution in [2.45, 2.75) is 25.3 Å². The molecule has 4 rings (SSSR count). The highest BCUT2D eigenvalue weighted by atomic mass is 16.5. The molecule has 1 heterocycles. The first-order chi connectivity index (χ1) is 12.3. The molecular formula is C22H21NO2. The molecule has 2 aliphatic rings. The Morgan fingerprint density at radius 1 is 1.04 bits per heavy atom. The first-order valence-corrected chi connectivity index (χ1v) is 8.72. The molecule has 1 atom stereocenters. The number of carbonyl (C=O) groups excluding carboxylic acids is 1. The summed E-state index contributed by atoms with van der Waals surface area (Å²) in [5.41, 5.74) is 4.19. The second-order valence-electron chi connectivity index (χ2n) is 6.42. The molecule has 0 N–H and O–H groups in total. The second kappa shape index (κ2) is 6.60. The molecule has 1 aliphatic carbocycles. The first kappa shape index (κ1) is 15.7. The zero-order valence-electron chi connectivity index (χ0n) is 14.3. The summed E-state index contributed by atoms with van der Waals surface area (Å²) in [5, 5.41) is 0. The highest BCUT2D eigenvalue weighted by molar-refractivity contribution is 6.16. The van der Waals surface area contributed by atoms with E-state index in [1.807, 2.05) is 47.4 Å². The minimum atomic E-state index is -0.0140. The van der Waals surface area contributed by atoms with Crippen LogP contribution < -0.4 is 9.64 Å². The van der Waals surface area contributed by atoms with Crippen molar-refractivity contribution in [2.75, 3.05) is 12.0 Å². The Kier molecular flexibility index (Phi) is 4.14. The number of ether oxygens (including phenoxy) is 1. The van der Waals surface area contributed by atoms with E-state index in [-0.39, 0.29) is 11.9 Å². The summed E-state index contributed by atoms with van der Waals surface area (Å²) in [7, 11) is 1.65. The van der Waals surface area contributed by atoms with Crippen molar-refractivity contribution in [1.29, 1.82) is 0 Å². The molecule has 2 aromatic carbocycles. The van der Waals surface area contributed by atoms with Gasteiger partial charge in [-0.2, -0.15) is 0 Å². The highest BCUT2D eigenvalue weighted by Gasteiger charge is 2.45. The molecule has 0 spiro atoms. The smallest absolute Gasteiger partial charge is 0.257 e. The number of hydrogen-bond donors (Lipinski definition) is 0. The molecule has 0 radical (unpaired) electrons. The Balaban J connectivity index is 1.77. The summed E-state index contributed by atoms with van der Waals surface area (Å²) >= 11 is 0. The van der Waals surface area contributed by atoms with Gasteiger partial charge in [0, 0.05) is 11.3 Å². The van der Waals surface area contributed by atoms with Gasteiger partial charge in [-0.15, -0.1) is 0 Å². The van der Waals surface area contributed by atoms with Crippen LogP contribution >= 0.6 is 0 Å². The first-order valence-electron chi connectivity index (χ1n) is 8.72. The summed E-state index contributed by atoms with van der Waals surface area (Å²) in [6.07, 6.45) is 7.52. The summed E-state index contributed by atoms with van der Waals surface area (Å²) in [6.45, 7) is 0. The maximum Gasteiger partial charge on any atom is 0.257 e. The zero-order chi connectivity index (χ0) is 17.2. The molecule has 3 nitrogen and oxygen atoms in total. The van der Waals surface area contributed by atoms with E-state index in [0.717, 1.165) is 41.8 Å². The molecule has 1 saturated heterocycles. The Morgan fingerprint density at radius 2 is 1.80 bits per heavy atom. The topological polar surface area (TPSA) is 29.5 Å². The Hall–Kier alpha value is -2.81. The number of hydrogen-bond acceptors (Lipinski definition) is 2. The van der Waals surface area contributed by atoms with Gasteiger partial charge < -0.3 is 4.74 Å². The molecule has 1 fully saturated rings. The minimum absolute atomic E-state index is 0.0140. The molecule has 2 aromatic rings. The van der Waals surface area contributed by atoms with Crippen LogP contribution in [0.1, 0.15) is 30.9 Å². The van der Waals surface area contributed by atoms with Gasteiger partial charge in [-0.25, -0.2) is 0 Å². The summed E-state index contributed by atoms with van der Waals surface area (Å²) in [6, 6.07) is 17.9. The van der Waals surface area contributed by atoms with Gasteiger partial charge in [0.2, 0.25) is 0 Å². The Bertz CT molecular complexity index is 834. The van der Waals surface area contributed by atoms with Crippen molar-refractivity contribution in [3.05, 3.63) is 83.5 Å². The number of amides is 1. The lowest BCUT2D eigenvalue weighted by atomic mass is 9.81. The van der Waals surface area contributed by atoms with Crippen molar-refractivity contribution in [2.24, 2.45) is 0 Å². The molecule has 3 heteroatoms. The number of rotatable bonds is 3. The quantitative estimate of drug-likeness (QED) is 0.596. The van der Waals surface area contributed by atoms with E-state index in [9.17, 15) is 4.79 Å². The number of benzene rings is 2. The van der Waals surface area contributed by atoms with E-state index in [0.29, 0.717) is 0 Å². The third-order valence-electron chi connectivity index (χ3n) is 4.93. The molecule has 1 amide bonds. The number of methoxy groups -OCH3 is 1. The van der Waals surface area contributed by atoms with Crippen LogP contribution in [0.5, 0.6) is 5.75 Å². The minimum Gasteiger partial charge on any atom is -0.497 e. The van der Waals surface area contributed by atoms with Crippen LogP contribution in [0.25, 0.3) is 0 Å². The average molecular weight is 331 g/mol. The van der Waals surface area contributed by atoms with Gasteiger partial charge in [-0.3, -0.25) is 9.69 Å². The van der Waals surface area contributed by atoms with Gasteiger partial charge in [-0.1, -0.05) is 42.5 Å². The van der Waals surface area contributed by atoms with Gasteiger partial charge in [0.15, 0.2) is 0 Å². The summed E-state index contributed by atoms with van der Waals surface area (Å²) in [5.74, 6) is 0.905. The number of anilines is 1. The lowest BCUT2D eigenvalue weighted by molar-refractivity contribution is -0.119. The molecular weight excluding hydrogens is 310 g/mol. The van der Waals surface area contributed by atoms with Crippen LogP contribution in [-0.2, 0) is 4.79 Å². The van der Waals surface area contributed by atoms with Crippen LogP contribution in [0.15, 0.2) is 77.9 Å². The second-order valence-corrected chi connectivity index (χ2v) is 6.42. The van der Waals surface area contributed by atoms with Crippen LogP contribution in [0.3, 0.4) is 0 Å². The van der Waals surface area contributed by atoms with E-state index < -0.39 is 0 Å². The Morgan fingerprint density at radius 3 is 2.44 bits per heavy atom. The van der Waals surface area contributed by atoms with Crippen LogP contribution in [0.4, 0.5) is 5.69 Å². The number of β-lactam (4-membered cyclic amide) rings is 1. The van der Waals surface area contributed by atoms with E-state index in [2.05, 4.69) is 24.3 Å². The number of nitrogens with zero attached hydrogens (tertiary/aromatic N) is 1. The average Bonchev–Trinajstić information content (AvgIpc) is 2.68. The highest BCUT2D eigenvalue weighted by Crippen LogP contribution is 2.46. The molecule has 126 valence electrons. The molecule has 0 saturated carbocycles. The standard InChI is InChI=1S/C22H21NO2/c1-25-19-14-12-18(13-15-19)23-21(17-10-6-3-7-11-17)20(22(23)24)16-8-4-2-5-9-16/h3-4,6-8,10-15,21H,2,5,9H2,1H3/b20-16+. The molecule has 0 aromatic heterocycles. The molecule has 1 unspecified atom stereocenters. The maximum atomic E-state index is 13.0. The van der Waals surface area contributed by atoms with E-state index in [1.165, 1.54) is 5.57 Å². The van der Waals surface area contributed by atoms with Crippen molar-refractivity contribution in [1.82, 2.24) is 0 Å². The third-order valence-corrected chi connectivity index (χ3v) is 4.93. The van der Waals surface area contributed by atoms with Gasteiger partial charge in [0.05, 0.1) is 13.2 Å². The van der Waals surface area contributed by atoms with Crippen molar-refractivity contribution < 1.29 is 9.53 Å². The summed E-state index contributed by atoms with van der Waals surface area (Å²) in [4.78, 5) is 14.9. The summed E-state index contributed by atoms with van der Waals surface area (Å²) < 4.78 is 5.23. The largest absolute Gasteiger partial charge is 0.497 e. The van der Waals surface area contributed by atoms with E-state index in [4.69, 9.17) is 4.74 Å². The van der Waals surface area contributed by atoms with Crippen molar-refractivity contribution >= 4 is 11.6 Å². The lowest BCUT2D eigenvalue weighted by Crippen LogP contribution is -2.50. The lowest BCUT2D eigenvalue weighted by Gasteiger charge is -2.44. The van der Waals surface area contributed by atoms with Gasteiger partial charge in [0.1, 0.15) is 5.75 Å². The fourth-order valence-corrected chi connectivity index (χ4v) is 3.64. The molecule has 25 heavy (non-hydrogen) atoms.